The number of aliphatic carboxylic acids is 1. The number of nitrogens with one attached hydrogen (secondary N) is 1. The van der Waals surface area contributed by atoms with Crippen molar-refractivity contribution in [2.24, 2.45) is 11.5 Å². The number of hydrogen-bond acceptors (Lipinski definition) is 7. The van der Waals surface area contributed by atoms with Gasteiger partial charge in [-0.25, -0.2) is 4.79 Å². The summed E-state index contributed by atoms with van der Waals surface area (Å²) in [7, 11) is 0. The Morgan fingerprint density at radius 2 is 1.87 bits per heavy atom. The quantitative estimate of drug-likeness (QED) is 0.296. The van der Waals surface area contributed by atoms with Gasteiger partial charge in [0.1, 0.15) is 17.8 Å². The Hall–Kier alpha value is -2.16. The number of nitrogens with two attached hydrogens (primary N) is 2. The van der Waals surface area contributed by atoms with Crippen LogP contribution < -0.4 is 16.9 Å². The van der Waals surface area contributed by atoms with Crippen molar-refractivity contribution in [1.82, 2.24) is 5.48 Å². The zero-order valence-electron chi connectivity index (χ0n) is 12.8. The molecule has 23 heavy (non-hydrogen) atoms. The molecule has 0 aromatic heterocycles. The second-order valence-corrected chi connectivity index (χ2v) is 5.19. The van der Waals surface area contributed by atoms with Crippen LogP contribution in [0.1, 0.15) is 24.8 Å². The van der Waals surface area contributed by atoms with E-state index in [2.05, 4.69) is 5.48 Å². The third kappa shape index (κ3) is 7.09. The van der Waals surface area contributed by atoms with E-state index in [-0.39, 0.29) is 12.2 Å². The predicted molar refractivity (Wildman–Crippen MR) is 83.3 cm³/mol. The molecule has 0 aliphatic carbocycles. The van der Waals surface area contributed by atoms with Crippen molar-refractivity contribution in [2.75, 3.05) is 6.54 Å². The molecule has 0 radical (unpaired) electrons. The van der Waals surface area contributed by atoms with Crippen molar-refractivity contribution in [3.05, 3.63) is 29.8 Å². The van der Waals surface area contributed by atoms with Gasteiger partial charge in [0.25, 0.3) is 0 Å². The fourth-order valence-corrected chi connectivity index (χ4v) is 1.88. The highest BCUT2D eigenvalue weighted by molar-refractivity contribution is 5.76. The van der Waals surface area contributed by atoms with E-state index >= 15 is 0 Å². The van der Waals surface area contributed by atoms with Gasteiger partial charge in [0.15, 0.2) is 0 Å². The van der Waals surface area contributed by atoms with Gasteiger partial charge < -0.3 is 26.5 Å². The number of carbonyl (C=O) groups excluding carboxylic acids is 1. The number of rotatable bonds is 10. The van der Waals surface area contributed by atoms with Crippen molar-refractivity contribution < 1.29 is 24.6 Å². The van der Waals surface area contributed by atoms with E-state index in [1.165, 1.54) is 12.1 Å². The molecule has 7 N–H and O–H groups in total. The van der Waals surface area contributed by atoms with Gasteiger partial charge in [-0.05, 0) is 37.1 Å². The number of benzene rings is 1. The first kappa shape index (κ1) is 18.9. The van der Waals surface area contributed by atoms with Crippen LogP contribution in [0.15, 0.2) is 24.3 Å². The third-order valence-electron chi connectivity index (χ3n) is 3.25. The molecule has 1 rings (SSSR count). The van der Waals surface area contributed by atoms with E-state index in [1.54, 1.807) is 12.1 Å². The van der Waals surface area contributed by atoms with Crippen LogP contribution in [0.25, 0.3) is 0 Å². The van der Waals surface area contributed by atoms with Gasteiger partial charge in [0.2, 0.25) is 0 Å². The topological polar surface area (TPSA) is 148 Å². The maximum atomic E-state index is 11.7. The molecule has 1 aromatic carbocycles. The first-order valence-electron chi connectivity index (χ1n) is 7.36. The molecule has 2 atom stereocenters. The van der Waals surface area contributed by atoms with E-state index in [1.807, 2.05) is 0 Å². The summed E-state index contributed by atoms with van der Waals surface area (Å²) in [4.78, 5) is 27.7. The van der Waals surface area contributed by atoms with E-state index < -0.39 is 24.0 Å². The van der Waals surface area contributed by atoms with Crippen molar-refractivity contribution in [2.45, 2.75) is 37.8 Å². The van der Waals surface area contributed by atoms with Crippen LogP contribution in [0.2, 0.25) is 0 Å². The molecular formula is C15H23N3O5. The molecule has 0 bridgehead atoms. The molecule has 0 aliphatic heterocycles. The third-order valence-corrected chi connectivity index (χ3v) is 3.25. The minimum Gasteiger partial charge on any atom is -0.508 e. The zero-order chi connectivity index (χ0) is 17.2. The van der Waals surface area contributed by atoms with Crippen LogP contribution in [0, 0.1) is 0 Å². The lowest BCUT2D eigenvalue weighted by atomic mass is 10.1. The Morgan fingerprint density at radius 1 is 1.22 bits per heavy atom. The summed E-state index contributed by atoms with van der Waals surface area (Å²) in [5.74, 6) is -1.79. The summed E-state index contributed by atoms with van der Waals surface area (Å²) in [6.45, 7) is 0.522. The molecule has 0 aliphatic rings. The monoisotopic (exact) mass is 325 g/mol. The van der Waals surface area contributed by atoms with E-state index in [4.69, 9.17) is 21.4 Å². The molecule has 128 valence electrons. The van der Waals surface area contributed by atoms with Crippen molar-refractivity contribution in [1.29, 1.82) is 0 Å². The molecule has 0 heterocycles. The van der Waals surface area contributed by atoms with Gasteiger partial charge in [-0.3, -0.25) is 4.79 Å². The summed E-state index contributed by atoms with van der Waals surface area (Å²) >= 11 is 0. The Morgan fingerprint density at radius 3 is 2.43 bits per heavy atom. The number of carboxylic acid groups (broad SMARTS) is 1. The summed E-state index contributed by atoms with van der Waals surface area (Å²) in [5, 5.41) is 18.4. The highest BCUT2D eigenvalue weighted by Crippen LogP contribution is 2.11. The largest absolute Gasteiger partial charge is 0.508 e. The predicted octanol–water partition coefficient (Wildman–Crippen LogP) is -0.108. The fourth-order valence-electron chi connectivity index (χ4n) is 1.88. The van der Waals surface area contributed by atoms with Gasteiger partial charge in [0, 0.05) is 6.42 Å². The highest BCUT2D eigenvalue weighted by Gasteiger charge is 2.22. The first-order chi connectivity index (χ1) is 10.9. The number of aromatic hydroxyl groups is 1. The van der Waals surface area contributed by atoms with Crippen LogP contribution in [0.5, 0.6) is 5.75 Å². The van der Waals surface area contributed by atoms with Gasteiger partial charge in [-0.1, -0.05) is 18.6 Å². The van der Waals surface area contributed by atoms with Crippen molar-refractivity contribution >= 4 is 11.9 Å². The van der Waals surface area contributed by atoms with Crippen molar-refractivity contribution in [3.63, 3.8) is 0 Å². The summed E-state index contributed by atoms with van der Waals surface area (Å²) in [6, 6.07) is 4.15. The number of hydrogen-bond donors (Lipinski definition) is 5. The maximum Gasteiger partial charge on any atom is 0.341 e. The number of carbonyl (C=O) groups is 2. The minimum absolute atomic E-state index is 0.0865. The Balaban J connectivity index is 2.48. The molecule has 0 amide bonds. The molecule has 8 heteroatoms. The number of phenols is 1. The second-order valence-electron chi connectivity index (χ2n) is 5.19. The lowest BCUT2D eigenvalue weighted by Gasteiger charge is -2.16. The standard InChI is InChI=1S/C15H23N3O5/c16-8-2-1-3-12(17)15(22)23-18-13(14(20)21)9-10-4-6-11(19)7-5-10/h4-7,12-13,18-19H,1-3,8-9,16-17H2,(H,20,21)/t12-,13-/m0/s1. The molecule has 0 fully saturated rings. The smallest absolute Gasteiger partial charge is 0.341 e. The van der Waals surface area contributed by atoms with Crippen LogP contribution in [0.4, 0.5) is 0 Å². The molecule has 0 saturated carbocycles. The minimum atomic E-state index is -1.16. The number of carboxylic acids is 1. The second kappa shape index (κ2) is 9.78. The Kier molecular flexibility index (Phi) is 8.03. The summed E-state index contributed by atoms with van der Waals surface area (Å²) in [6.07, 6.45) is 1.97. The van der Waals surface area contributed by atoms with Gasteiger partial charge in [0.05, 0.1) is 0 Å². The SMILES string of the molecule is NCCCC[C@H](N)C(=O)ON[C@@H](Cc1ccc(O)cc1)C(=O)O. The lowest BCUT2D eigenvalue weighted by Crippen LogP contribution is -2.43. The average molecular weight is 325 g/mol. The average Bonchev–Trinajstić information content (AvgIpc) is 2.52. The van der Waals surface area contributed by atoms with Gasteiger partial charge >= 0.3 is 11.9 Å². The van der Waals surface area contributed by atoms with Gasteiger partial charge in [-0.15, -0.1) is 5.48 Å². The van der Waals surface area contributed by atoms with Crippen LogP contribution in [-0.4, -0.2) is 40.8 Å². The molecule has 8 nitrogen and oxygen atoms in total. The number of unbranched alkanes of at least 4 members (excludes halogenated alkanes) is 1. The lowest BCUT2D eigenvalue weighted by molar-refractivity contribution is -0.159. The normalized spacial score (nSPS) is 13.3. The first-order valence-corrected chi connectivity index (χ1v) is 7.36. The van der Waals surface area contributed by atoms with Crippen LogP contribution in [-0.2, 0) is 20.8 Å². The van der Waals surface area contributed by atoms with Crippen LogP contribution in [0.3, 0.4) is 0 Å². The number of phenolic OH excluding ortho intramolecular Hbond substituents is 1. The van der Waals surface area contributed by atoms with E-state index in [0.29, 0.717) is 24.9 Å². The Bertz CT molecular complexity index is 506. The molecule has 0 saturated heterocycles. The molecule has 0 spiro atoms. The number of hydroxylamine groups is 1. The van der Waals surface area contributed by atoms with Gasteiger partial charge in [-0.2, -0.15) is 0 Å². The summed E-state index contributed by atoms with van der Waals surface area (Å²) in [5.41, 5.74) is 13.9. The highest BCUT2D eigenvalue weighted by atomic mass is 16.7. The summed E-state index contributed by atoms with van der Waals surface area (Å²) < 4.78 is 0. The molecule has 1 aromatic rings. The van der Waals surface area contributed by atoms with E-state index in [9.17, 15) is 14.7 Å². The molecule has 0 unspecified atom stereocenters. The fraction of sp³-hybridized carbons (Fsp3) is 0.467. The van der Waals surface area contributed by atoms with E-state index in [0.717, 1.165) is 6.42 Å². The molecular weight excluding hydrogens is 302 g/mol. The maximum absolute atomic E-state index is 11.7. The van der Waals surface area contributed by atoms with Crippen LogP contribution >= 0.6 is 0 Å². The Labute approximate surface area is 134 Å². The van der Waals surface area contributed by atoms with Crippen molar-refractivity contribution in [3.8, 4) is 5.75 Å². The zero-order valence-corrected chi connectivity index (χ0v) is 12.8.